The van der Waals surface area contributed by atoms with E-state index in [0.717, 1.165) is 0 Å². The smallest absolute Gasteiger partial charge is 0.241 e. The lowest BCUT2D eigenvalue weighted by atomic mass is 10.0. The minimum atomic E-state index is -3.99. The van der Waals surface area contributed by atoms with Crippen molar-refractivity contribution in [3.8, 4) is 17.6 Å². The van der Waals surface area contributed by atoms with Crippen molar-refractivity contribution >= 4 is 21.7 Å². The van der Waals surface area contributed by atoms with Gasteiger partial charge in [-0.2, -0.15) is 9.98 Å². The van der Waals surface area contributed by atoms with Crippen LogP contribution < -0.4 is 19.1 Å². The monoisotopic (exact) mass is 499 g/mol. The van der Waals surface area contributed by atoms with Gasteiger partial charge in [0.15, 0.2) is 11.5 Å². The Labute approximate surface area is 205 Å². The standard InChI is InChI=1S/C24H29N5O5S/c1-17(2)22(27-35(31,32)19-6-7-20-21(15-19)34-14-4-13-33-20)24(30)29-11-9-28(10-12-29)23-18(16-25)5-3-8-26-23/h3,5-8,15,17,22,27H,4,9-14H2,1-2H3. The Morgan fingerprint density at radius 2 is 1.83 bits per heavy atom. The summed E-state index contributed by atoms with van der Waals surface area (Å²) in [4.78, 5) is 21.3. The molecule has 1 aromatic heterocycles. The number of rotatable bonds is 6. The summed E-state index contributed by atoms with van der Waals surface area (Å²) in [6, 6.07) is 9.11. The molecule has 1 N–H and O–H groups in total. The summed E-state index contributed by atoms with van der Waals surface area (Å²) in [5, 5.41) is 9.34. The molecule has 0 aliphatic carbocycles. The zero-order valence-electron chi connectivity index (χ0n) is 19.8. The van der Waals surface area contributed by atoms with Crippen LogP contribution in [-0.4, -0.2) is 69.6 Å². The predicted molar refractivity (Wildman–Crippen MR) is 129 cm³/mol. The third-order valence-electron chi connectivity index (χ3n) is 6.04. The Morgan fingerprint density at radius 3 is 2.51 bits per heavy atom. The van der Waals surface area contributed by atoms with Gasteiger partial charge >= 0.3 is 0 Å². The van der Waals surface area contributed by atoms with Crippen molar-refractivity contribution < 1.29 is 22.7 Å². The third-order valence-corrected chi connectivity index (χ3v) is 7.48. The van der Waals surface area contributed by atoms with Crippen LogP contribution in [0.5, 0.6) is 11.5 Å². The predicted octanol–water partition coefficient (Wildman–Crippen LogP) is 1.77. The summed E-state index contributed by atoms with van der Waals surface area (Å²) in [6.07, 6.45) is 2.35. The Bertz CT molecular complexity index is 1220. The molecule has 186 valence electrons. The van der Waals surface area contributed by atoms with Gasteiger partial charge in [0.2, 0.25) is 15.9 Å². The normalized spacial score (nSPS) is 17.0. The number of hydrogen-bond donors (Lipinski definition) is 1. The molecule has 3 heterocycles. The van der Waals surface area contributed by atoms with E-state index in [4.69, 9.17) is 9.47 Å². The number of nitrogens with one attached hydrogen (secondary N) is 1. The first-order valence-corrected chi connectivity index (χ1v) is 13.1. The molecule has 10 nitrogen and oxygen atoms in total. The minimum Gasteiger partial charge on any atom is -0.490 e. The van der Waals surface area contributed by atoms with Crippen LogP contribution in [0.4, 0.5) is 5.82 Å². The minimum absolute atomic E-state index is 0.0178. The first-order valence-electron chi connectivity index (χ1n) is 11.6. The molecule has 0 radical (unpaired) electrons. The average molecular weight is 500 g/mol. The van der Waals surface area contributed by atoms with Crippen molar-refractivity contribution in [1.29, 1.82) is 5.26 Å². The lowest BCUT2D eigenvalue weighted by molar-refractivity contribution is -0.134. The molecule has 1 unspecified atom stereocenters. The molecule has 35 heavy (non-hydrogen) atoms. The van der Waals surface area contributed by atoms with Crippen molar-refractivity contribution in [1.82, 2.24) is 14.6 Å². The quantitative estimate of drug-likeness (QED) is 0.638. The van der Waals surface area contributed by atoms with Gasteiger partial charge in [-0.3, -0.25) is 4.79 Å². The molecule has 4 rings (SSSR count). The van der Waals surface area contributed by atoms with E-state index in [9.17, 15) is 18.5 Å². The van der Waals surface area contributed by atoms with Crippen LogP contribution in [0.3, 0.4) is 0 Å². The second-order valence-corrected chi connectivity index (χ2v) is 10.5. The molecule has 0 saturated carbocycles. The molecular formula is C24H29N5O5S. The maximum Gasteiger partial charge on any atom is 0.241 e. The molecule has 2 aromatic rings. The number of aromatic nitrogens is 1. The van der Waals surface area contributed by atoms with Gasteiger partial charge in [0.1, 0.15) is 17.9 Å². The Morgan fingerprint density at radius 1 is 1.11 bits per heavy atom. The van der Waals surface area contributed by atoms with Gasteiger partial charge in [-0.15, -0.1) is 0 Å². The average Bonchev–Trinajstić information content (AvgIpc) is 3.12. The van der Waals surface area contributed by atoms with Gasteiger partial charge < -0.3 is 19.3 Å². The van der Waals surface area contributed by atoms with Crippen LogP contribution in [0.15, 0.2) is 41.4 Å². The van der Waals surface area contributed by atoms with E-state index in [0.29, 0.717) is 68.7 Å². The topological polar surface area (TPSA) is 125 Å². The number of benzene rings is 1. The van der Waals surface area contributed by atoms with Crippen LogP contribution >= 0.6 is 0 Å². The van der Waals surface area contributed by atoms with E-state index >= 15 is 0 Å². The number of nitrogens with zero attached hydrogens (tertiary/aromatic N) is 4. The highest BCUT2D eigenvalue weighted by molar-refractivity contribution is 7.89. The molecule has 1 amide bonds. The van der Waals surface area contributed by atoms with Gasteiger partial charge in [0, 0.05) is 44.9 Å². The van der Waals surface area contributed by atoms with Gasteiger partial charge in [-0.1, -0.05) is 13.8 Å². The Kier molecular flexibility index (Phi) is 7.42. The highest BCUT2D eigenvalue weighted by Crippen LogP contribution is 2.32. The highest BCUT2D eigenvalue weighted by Gasteiger charge is 2.34. The van der Waals surface area contributed by atoms with Crippen LogP contribution in [0.2, 0.25) is 0 Å². The Balaban J connectivity index is 1.46. The number of nitriles is 1. The maximum atomic E-state index is 13.4. The SMILES string of the molecule is CC(C)C(NS(=O)(=O)c1ccc2c(c1)OCCCO2)C(=O)N1CCN(c2ncccc2C#N)CC1. The van der Waals surface area contributed by atoms with E-state index in [2.05, 4.69) is 15.8 Å². The van der Waals surface area contributed by atoms with E-state index in [1.807, 2.05) is 18.7 Å². The number of pyridine rings is 1. The van der Waals surface area contributed by atoms with Gasteiger partial charge in [0.25, 0.3) is 0 Å². The second-order valence-electron chi connectivity index (χ2n) is 8.80. The number of fused-ring (bicyclic) bond motifs is 1. The summed E-state index contributed by atoms with van der Waals surface area (Å²) in [6.45, 7) is 6.35. The fourth-order valence-electron chi connectivity index (χ4n) is 4.09. The number of carbonyl (C=O) groups excluding carboxylic acids is 1. The number of ether oxygens (including phenoxy) is 2. The van der Waals surface area contributed by atoms with Crippen molar-refractivity contribution in [2.75, 3.05) is 44.3 Å². The fraction of sp³-hybridized carbons (Fsp3) is 0.458. The van der Waals surface area contributed by atoms with Crippen LogP contribution in [-0.2, 0) is 14.8 Å². The van der Waals surface area contributed by atoms with Crippen LogP contribution in [0, 0.1) is 17.2 Å². The lowest BCUT2D eigenvalue weighted by Crippen LogP contribution is -2.56. The molecule has 0 spiro atoms. The van der Waals surface area contributed by atoms with Crippen molar-refractivity contribution in [2.45, 2.75) is 31.2 Å². The zero-order valence-corrected chi connectivity index (χ0v) is 20.6. The molecule has 1 saturated heterocycles. The second kappa shape index (κ2) is 10.5. The summed E-state index contributed by atoms with van der Waals surface area (Å²) >= 11 is 0. The van der Waals surface area contributed by atoms with E-state index in [-0.39, 0.29) is 16.7 Å². The molecule has 1 fully saturated rings. The summed E-state index contributed by atoms with van der Waals surface area (Å²) < 4.78 is 40.2. The van der Waals surface area contributed by atoms with E-state index < -0.39 is 16.1 Å². The fourth-order valence-corrected chi connectivity index (χ4v) is 5.44. The molecule has 11 heteroatoms. The molecule has 1 atom stereocenters. The first-order chi connectivity index (χ1) is 16.8. The number of carbonyl (C=O) groups is 1. The molecular weight excluding hydrogens is 470 g/mol. The maximum absolute atomic E-state index is 13.4. The number of piperazine rings is 1. The molecule has 1 aromatic carbocycles. The first kappa shape index (κ1) is 24.8. The molecule has 0 bridgehead atoms. The summed E-state index contributed by atoms with van der Waals surface area (Å²) in [7, 11) is -3.99. The number of anilines is 1. The van der Waals surface area contributed by atoms with Crippen molar-refractivity contribution in [3.05, 3.63) is 42.1 Å². The highest BCUT2D eigenvalue weighted by atomic mass is 32.2. The van der Waals surface area contributed by atoms with Crippen LogP contribution in [0.1, 0.15) is 25.8 Å². The van der Waals surface area contributed by atoms with Crippen LogP contribution in [0.25, 0.3) is 0 Å². The van der Waals surface area contributed by atoms with Gasteiger partial charge in [-0.05, 0) is 30.2 Å². The molecule has 2 aliphatic rings. The number of amides is 1. The number of sulfonamides is 1. The van der Waals surface area contributed by atoms with Gasteiger partial charge in [0.05, 0.1) is 23.7 Å². The van der Waals surface area contributed by atoms with Gasteiger partial charge in [-0.25, -0.2) is 13.4 Å². The third kappa shape index (κ3) is 5.49. The summed E-state index contributed by atoms with van der Waals surface area (Å²) in [5.41, 5.74) is 0.482. The lowest BCUT2D eigenvalue weighted by Gasteiger charge is -2.37. The van der Waals surface area contributed by atoms with Crippen molar-refractivity contribution in [3.63, 3.8) is 0 Å². The number of hydrogen-bond acceptors (Lipinski definition) is 8. The molecule has 2 aliphatic heterocycles. The summed E-state index contributed by atoms with van der Waals surface area (Å²) in [5.74, 6) is 0.928. The largest absolute Gasteiger partial charge is 0.490 e. The Hall–Kier alpha value is -3.36. The van der Waals surface area contributed by atoms with E-state index in [1.54, 1.807) is 29.3 Å². The van der Waals surface area contributed by atoms with Crippen molar-refractivity contribution in [2.24, 2.45) is 5.92 Å². The van der Waals surface area contributed by atoms with E-state index in [1.165, 1.54) is 12.1 Å². The zero-order chi connectivity index (χ0) is 25.0.